The molecule has 3 heteroatoms. The Morgan fingerprint density at radius 2 is 1.84 bits per heavy atom. The summed E-state index contributed by atoms with van der Waals surface area (Å²) in [7, 11) is 0. The summed E-state index contributed by atoms with van der Waals surface area (Å²) in [6, 6.07) is 0. The van der Waals surface area contributed by atoms with E-state index >= 15 is 0 Å². The maximum atomic E-state index is 12.3. The number of hydrogen-bond donors (Lipinski definition) is 2. The standard InChI is InChI=1S/C29H46O3/c1-19(2)7-6-8-20(3)23-13-16-29(18-26(31)32)25-10-9-21-17-22(30)11-14-27(21,4)24(25)12-15-28(23,29)5/h13,16,19-23,30H,6-12,14-15,17-18H2,1-5H3,(H,31,32)/t20-,21+,22+,23-,27+,28-,29-/m1/s1. The highest BCUT2D eigenvalue weighted by Crippen LogP contribution is 2.70. The van der Waals surface area contributed by atoms with E-state index in [0.29, 0.717) is 17.8 Å². The van der Waals surface area contributed by atoms with Crippen molar-refractivity contribution in [3.8, 4) is 0 Å². The van der Waals surface area contributed by atoms with Gasteiger partial charge >= 0.3 is 5.97 Å². The van der Waals surface area contributed by atoms with Crippen LogP contribution in [0.3, 0.4) is 0 Å². The van der Waals surface area contributed by atoms with Crippen molar-refractivity contribution in [1.29, 1.82) is 0 Å². The molecule has 3 nitrogen and oxygen atoms in total. The molecule has 4 aliphatic rings. The number of carbonyl (C=O) groups is 1. The highest BCUT2D eigenvalue weighted by Gasteiger charge is 2.62. The second kappa shape index (κ2) is 8.60. The number of carboxylic acids is 1. The van der Waals surface area contributed by atoms with Crippen LogP contribution in [0, 0.1) is 39.9 Å². The first-order valence-corrected chi connectivity index (χ1v) is 13.4. The smallest absolute Gasteiger partial charge is 0.304 e. The molecule has 0 aromatic rings. The zero-order chi connectivity index (χ0) is 23.3. The lowest BCUT2D eigenvalue weighted by Gasteiger charge is -2.59. The average molecular weight is 443 g/mol. The van der Waals surface area contributed by atoms with Gasteiger partial charge in [0.05, 0.1) is 12.5 Å². The fourth-order valence-corrected chi connectivity index (χ4v) is 8.59. The van der Waals surface area contributed by atoms with Crippen molar-refractivity contribution in [2.45, 2.75) is 111 Å². The minimum absolute atomic E-state index is 0.00114. The van der Waals surface area contributed by atoms with Crippen molar-refractivity contribution < 1.29 is 15.0 Å². The van der Waals surface area contributed by atoms with Crippen LogP contribution in [0.2, 0.25) is 0 Å². The van der Waals surface area contributed by atoms with Crippen molar-refractivity contribution in [3.63, 3.8) is 0 Å². The van der Waals surface area contributed by atoms with E-state index in [4.69, 9.17) is 0 Å². The third-order valence-electron chi connectivity index (χ3n) is 10.5. The first kappa shape index (κ1) is 24.0. The number of rotatable bonds is 7. The van der Waals surface area contributed by atoms with Gasteiger partial charge in [-0.25, -0.2) is 0 Å². The molecule has 0 aromatic carbocycles. The summed E-state index contributed by atoms with van der Waals surface area (Å²) in [5.41, 5.74) is 2.88. The summed E-state index contributed by atoms with van der Waals surface area (Å²) in [6.45, 7) is 11.9. The lowest BCUT2D eigenvalue weighted by molar-refractivity contribution is -0.141. The highest BCUT2D eigenvalue weighted by atomic mass is 16.4. The van der Waals surface area contributed by atoms with E-state index in [-0.39, 0.29) is 28.8 Å². The molecule has 4 rings (SSSR count). The number of aliphatic carboxylic acids is 1. The molecule has 1 fully saturated rings. The van der Waals surface area contributed by atoms with E-state index in [1.165, 1.54) is 24.8 Å². The third kappa shape index (κ3) is 3.71. The molecular formula is C29H46O3. The molecule has 2 N–H and O–H groups in total. The molecule has 0 radical (unpaired) electrons. The van der Waals surface area contributed by atoms with Gasteiger partial charge in [-0.1, -0.05) is 77.2 Å². The first-order valence-electron chi connectivity index (χ1n) is 13.4. The molecule has 7 atom stereocenters. The lowest BCUT2D eigenvalue weighted by Crippen LogP contribution is -2.51. The predicted octanol–water partition coefficient (Wildman–Crippen LogP) is 7.15. The Balaban J connectivity index is 1.70. The van der Waals surface area contributed by atoms with Gasteiger partial charge in [0.2, 0.25) is 0 Å². The van der Waals surface area contributed by atoms with Crippen molar-refractivity contribution in [1.82, 2.24) is 0 Å². The van der Waals surface area contributed by atoms with Crippen LogP contribution in [0.1, 0.15) is 105 Å². The minimum atomic E-state index is -0.658. The Hall–Kier alpha value is -1.09. The van der Waals surface area contributed by atoms with Crippen LogP contribution in [-0.2, 0) is 4.79 Å². The summed E-state index contributed by atoms with van der Waals surface area (Å²) in [5, 5.41) is 20.4. The zero-order valence-corrected chi connectivity index (χ0v) is 21.1. The molecule has 1 saturated carbocycles. The van der Waals surface area contributed by atoms with Crippen molar-refractivity contribution >= 4 is 5.97 Å². The maximum absolute atomic E-state index is 12.3. The normalized spacial score (nSPS) is 41.9. The first-order chi connectivity index (χ1) is 15.0. The molecular weight excluding hydrogens is 396 g/mol. The molecule has 0 aliphatic heterocycles. The second-order valence-electron chi connectivity index (χ2n) is 12.7. The van der Waals surface area contributed by atoms with E-state index in [2.05, 4.69) is 46.8 Å². The highest BCUT2D eigenvalue weighted by molar-refractivity contribution is 5.70. The van der Waals surface area contributed by atoms with Crippen LogP contribution >= 0.6 is 0 Å². The molecule has 4 aliphatic carbocycles. The number of aliphatic hydroxyl groups is 1. The summed E-state index contributed by atoms with van der Waals surface area (Å²) in [5.74, 6) is 1.68. The van der Waals surface area contributed by atoms with Gasteiger partial charge in [0.25, 0.3) is 0 Å². The van der Waals surface area contributed by atoms with E-state index in [1.54, 1.807) is 5.57 Å². The Morgan fingerprint density at radius 1 is 1.09 bits per heavy atom. The number of carboxylic acid groups (broad SMARTS) is 1. The molecule has 0 spiro atoms. The number of fused-ring (bicyclic) bond motifs is 4. The second-order valence-corrected chi connectivity index (χ2v) is 12.7. The van der Waals surface area contributed by atoms with Crippen LogP contribution in [-0.4, -0.2) is 22.3 Å². The summed E-state index contributed by atoms with van der Waals surface area (Å²) < 4.78 is 0. The number of hydrogen-bond acceptors (Lipinski definition) is 2. The molecule has 0 aromatic heterocycles. The molecule has 32 heavy (non-hydrogen) atoms. The van der Waals surface area contributed by atoms with Crippen LogP contribution in [0.15, 0.2) is 23.3 Å². The van der Waals surface area contributed by atoms with Gasteiger partial charge in [-0.05, 0) is 79.4 Å². The van der Waals surface area contributed by atoms with E-state index in [9.17, 15) is 15.0 Å². The number of aliphatic hydroxyl groups excluding tert-OH is 1. The zero-order valence-electron chi connectivity index (χ0n) is 21.1. The maximum Gasteiger partial charge on any atom is 0.304 e. The van der Waals surface area contributed by atoms with Gasteiger partial charge in [-0.3, -0.25) is 4.79 Å². The van der Waals surface area contributed by atoms with E-state index in [0.717, 1.165) is 50.9 Å². The van der Waals surface area contributed by atoms with Crippen LogP contribution in [0.25, 0.3) is 0 Å². The SMILES string of the molecule is CC(C)CCC[C@@H](C)[C@H]1C=C[C@@]2(CC(=O)O)C3=C(CC[C@]12C)[C@@]1(C)CC[C@H](O)C[C@@H]1CC3. The van der Waals surface area contributed by atoms with E-state index < -0.39 is 5.97 Å². The van der Waals surface area contributed by atoms with Crippen LogP contribution in [0.5, 0.6) is 0 Å². The summed E-state index contributed by atoms with van der Waals surface area (Å²) in [6.07, 6.45) is 15.8. The van der Waals surface area contributed by atoms with Crippen molar-refractivity contribution in [2.75, 3.05) is 0 Å². The monoisotopic (exact) mass is 442 g/mol. The molecule has 0 unspecified atom stereocenters. The molecule has 0 saturated heterocycles. The quantitative estimate of drug-likeness (QED) is 0.411. The fourth-order valence-electron chi connectivity index (χ4n) is 8.59. The fraction of sp³-hybridized carbons (Fsp3) is 0.828. The minimum Gasteiger partial charge on any atom is -0.481 e. The largest absolute Gasteiger partial charge is 0.481 e. The summed E-state index contributed by atoms with van der Waals surface area (Å²) in [4.78, 5) is 12.3. The van der Waals surface area contributed by atoms with Gasteiger partial charge in [-0.2, -0.15) is 0 Å². The van der Waals surface area contributed by atoms with Gasteiger partial charge in [0.1, 0.15) is 0 Å². The molecule has 180 valence electrons. The molecule has 0 amide bonds. The molecule has 0 bridgehead atoms. The number of allylic oxidation sites excluding steroid dienone is 4. The lowest BCUT2D eigenvalue weighted by atomic mass is 9.45. The van der Waals surface area contributed by atoms with Gasteiger partial charge < -0.3 is 10.2 Å². The van der Waals surface area contributed by atoms with Crippen LogP contribution < -0.4 is 0 Å². The Morgan fingerprint density at radius 3 is 2.53 bits per heavy atom. The van der Waals surface area contributed by atoms with Gasteiger partial charge in [0, 0.05) is 5.41 Å². The van der Waals surface area contributed by atoms with Gasteiger partial charge in [0.15, 0.2) is 0 Å². The van der Waals surface area contributed by atoms with Crippen LogP contribution in [0.4, 0.5) is 0 Å². The van der Waals surface area contributed by atoms with Crippen molar-refractivity contribution in [2.24, 2.45) is 39.9 Å². The Labute approximate surface area is 195 Å². The summed E-state index contributed by atoms with van der Waals surface area (Å²) >= 11 is 0. The van der Waals surface area contributed by atoms with Gasteiger partial charge in [-0.15, -0.1) is 0 Å². The Kier molecular flexibility index (Phi) is 6.46. The predicted molar refractivity (Wildman–Crippen MR) is 130 cm³/mol. The Bertz CT molecular complexity index is 794. The average Bonchev–Trinajstić information content (AvgIpc) is 3.00. The van der Waals surface area contributed by atoms with E-state index in [1.807, 2.05) is 0 Å². The van der Waals surface area contributed by atoms with Crippen molar-refractivity contribution in [3.05, 3.63) is 23.3 Å². The topological polar surface area (TPSA) is 57.5 Å². The third-order valence-corrected chi connectivity index (χ3v) is 10.5. The molecule has 0 heterocycles.